The molecule has 0 aliphatic carbocycles. The summed E-state index contributed by atoms with van der Waals surface area (Å²) < 4.78 is 60.4. The van der Waals surface area contributed by atoms with Crippen molar-refractivity contribution < 1.29 is 46.2 Å². The minimum atomic E-state index is -5.08. The minimum absolute atomic E-state index is 0.00762. The van der Waals surface area contributed by atoms with Gasteiger partial charge < -0.3 is 20.4 Å². The van der Waals surface area contributed by atoms with Crippen molar-refractivity contribution in [1.29, 1.82) is 0 Å². The maximum atomic E-state index is 13.0. The van der Waals surface area contributed by atoms with Gasteiger partial charge in [0.05, 0.1) is 28.4 Å². The van der Waals surface area contributed by atoms with E-state index in [0.717, 1.165) is 12.0 Å². The lowest BCUT2D eigenvalue weighted by atomic mass is 10.1. The number of piperazine rings is 1. The summed E-state index contributed by atoms with van der Waals surface area (Å²) in [5.74, 6) is -3.93. The predicted molar refractivity (Wildman–Crippen MR) is 146 cm³/mol. The number of aryl methyl sites for hydroxylation is 1. The highest BCUT2D eigenvalue weighted by atomic mass is 32.2. The Bertz CT molecular complexity index is 1330. The molecule has 4 N–H and O–H groups in total. The molecule has 0 unspecified atom stereocenters. The number of aliphatic carboxylic acids is 1. The summed E-state index contributed by atoms with van der Waals surface area (Å²) in [4.78, 5) is 36.6. The van der Waals surface area contributed by atoms with E-state index < -0.39 is 28.1 Å². The second-order valence-corrected chi connectivity index (χ2v) is 11.1. The summed E-state index contributed by atoms with van der Waals surface area (Å²) in [5.41, 5.74) is 1.83. The fourth-order valence-electron chi connectivity index (χ4n) is 3.85. The van der Waals surface area contributed by atoms with Gasteiger partial charge in [-0.05, 0) is 56.2 Å². The van der Waals surface area contributed by atoms with Gasteiger partial charge >= 0.3 is 18.1 Å². The zero-order chi connectivity index (χ0) is 31.0. The lowest BCUT2D eigenvalue weighted by molar-refractivity contribution is -0.192. The number of nitrogens with one attached hydrogen (secondary N) is 2. The number of rotatable bonds is 9. The maximum absolute atomic E-state index is 13.0. The van der Waals surface area contributed by atoms with Crippen LogP contribution >= 0.6 is 0 Å². The van der Waals surface area contributed by atoms with Crippen molar-refractivity contribution in [1.82, 2.24) is 10.2 Å². The van der Waals surface area contributed by atoms with Gasteiger partial charge in [-0.2, -0.15) is 13.2 Å². The second kappa shape index (κ2) is 14.2. The van der Waals surface area contributed by atoms with Gasteiger partial charge in [0.25, 0.3) is 10.0 Å². The normalized spacial score (nSPS) is 14.2. The van der Waals surface area contributed by atoms with Crippen molar-refractivity contribution in [3.63, 3.8) is 0 Å². The molecule has 1 saturated heterocycles. The number of alkyl halides is 3. The molecule has 1 heterocycles. The molecule has 0 aromatic heterocycles. The highest BCUT2D eigenvalue weighted by molar-refractivity contribution is 7.92. The SMILES string of the molecule is CCc1ccc(S(=O)(=O)Nc2cc(C(=O)O)ccc2N2CCN(CC(=O)NC(C)C)CC2)cc1.O=C(O)C(F)(F)F. The largest absolute Gasteiger partial charge is 0.490 e. The molecular weight excluding hydrogens is 569 g/mol. The van der Waals surface area contributed by atoms with Crippen LogP contribution in [0.25, 0.3) is 0 Å². The first kappa shape index (κ1) is 33.4. The Balaban J connectivity index is 0.000000745. The minimum Gasteiger partial charge on any atom is -0.478 e. The van der Waals surface area contributed by atoms with E-state index in [4.69, 9.17) is 9.90 Å². The van der Waals surface area contributed by atoms with Gasteiger partial charge in [-0.15, -0.1) is 0 Å². The van der Waals surface area contributed by atoms with Gasteiger partial charge in [0.15, 0.2) is 0 Å². The van der Waals surface area contributed by atoms with Crippen LogP contribution in [0.5, 0.6) is 0 Å². The fourth-order valence-corrected chi connectivity index (χ4v) is 4.92. The van der Waals surface area contributed by atoms with Gasteiger partial charge in [-0.1, -0.05) is 19.1 Å². The molecule has 11 nitrogen and oxygen atoms in total. The van der Waals surface area contributed by atoms with E-state index >= 15 is 0 Å². The molecule has 1 fully saturated rings. The van der Waals surface area contributed by atoms with Crippen LogP contribution < -0.4 is 14.9 Å². The Morgan fingerprint density at radius 2 is 1.54 bits per heavy atom. The number of carbonyl (C=O) groups excluding carboxylic acids is 1. The van der Waals surface area contributed by atoms with Gasteiger partial charge in [0.2, 0.25) is 5.91 Å². The van der Waals surface area contributed by atoms with Crippen LogP contribution in [0.3, 0.4) is 0 Å². The molecule has 226 valence electrons. The third-order valence-electron chi connectivity index (χ3n) is 5.90. The number of amides is 1. The Labute approximate surface area is 236 Å². The molecule has 1 aliphatic rings. The maximum Gasteiger partial charge on any atom is 0.490 e. The third kappa shape index (κ3) is 10.2. The first-order valence-corrected chi connectivity index (χ1v) is 14.1. The summed E-state index contributed by atoms with van der Waals surface area (Å²) >= 11 is 0. The van der Waals surface area contributed by atoms with Gasteiger partial charge in [-0.25, -0.2) is 18.0 Å². The monoisotopic (exact) mass is 602 g/mol. The number of halogens is 3. The molecule has 1 amide bonds. The summed E-state index contributed by atoms with van der Waals surface area (Å²) in [5, 5.41) is 19.4. The molecule has 3 rings (SSSR count). The predicted octanol–water partition coefficient (Wildman–Crippen LogP) is 3.03. The number of benzene rings is 2. The van der Waals surface area contributed by atoms with E-state index in [1.807, 2.05) is 30.6 Å². The van der Waals surface area contributed by atoms with Crippen LogP contribution in [0.1, 0.15) is 36.7 Å². The van der Waals surface area contributed by atoms with E-state index in [2.05, 4.69) is 10.0 Å². The Morgan fingerprint density at radius 3 is 2.00 bits per heavy atom. The molecule has 0 atom stereocenters. The first-order valence-electron chi connectivity index (χ1n) is 12.6. The summed E-state index contributed by atoms with van der Waals surface area (Å²) in [6, 6.07) is 11.1. The number of sulfonamides is 1. The lowest BCUT2D eigenvalue weighted by Crippen LogP contribution is -2.50. The summed E-state index contributed by atoms with van der Waals surface area (Å²) in [7, 11) is -3.91. The average molecular weight is 603 g/mol. The second-order valence-electron chi connectivity index (χ2n) is 9.43. The highest BCUT2D eigenvalue weighted by Gasteiger charge is 2.38. The molecule has 2 aromatic carbocycles. The van der Waals surface area contributed by atoms with Crippen molar-refractivity contribution in [2.24, 2.45) is 0 Å². The van der Waals surface area contributed by atoms with Gasteiger partial charge in [0, 0.05) is 32.2 Å². The Kier molecular flexibility index (Phi) is 11.5. The molecule has 1 aliphatic heterocycles. The standard InChI is InChI=1S/C24H32N4O5S.C2HF3O2/c1-4-18-5-8-20(9-6-18)34(32,33)26-21-15-19(24(30)31)7-10-22(21)28-13-11-27(12-14-28)16-23(29)25-17(2)3;3-2(4,5)1(6)7/h5-10,15,17,26H,4,11-14,16H2,1-3H3,(H,25,29)(H,30,31);(H,6,7). The summed E-state index contributed by atoms with van der Waals surface area (Å²) in [6.07, 6.45) is -4.29. The number of anilines is 2. The smallest absolute Gasteiger partial charge is 0.478 e. The number of carbonyl (C=O) groups is 3. The molecule has 0 bridgehead atoms. The number of nitrogens with zero attached hydrogens (tertiary/aromatic N) is 2. The Hall–Kier alpha value is -3.85. The quantitative estimate of drug-likeness (QED) is 0.339. The van der Waals surface area contributed by atoms with E-state index in [1.54, 1.807) is 30.3 Å². The van der Waals surface area contributed by atoms with Crippen molar-refractivity contribution in [3.05, 3.63) is 53.6 Å². The van der Waals surface area contributed by atoms with E-state index in [1.165, 1.54) is 12.1 Å². The third-order valence-corrected chi connectivity index (χ3v) is 7.28. The molecule has 0 saturated carbocycles. The van der Waals surface area contributed by atoms with Crippen LogP contribution in [0, 0.1) is 0 Å². The highest BCUT2D eigenvalue weighted by Crippen LogP contribution is 2.30. The van der Waals surface area contributed by atoms with Crippen LogP contribution in [-0.2, 0) is 26.0 Å². The number of aromatic carboxylic acids is 1. The molecule has 2 aromatic rings. The van der Waals surface area contributed by atoms with Crippen LogP contribution in [0.2, 0.25) is 0 Å². The number of hydrogen-bond donors (Lipinski definition) is 4. The molecular formula is C26H33F3N4O7S. The van der Waals surface area contributed by atoms with Crippen LogP contribution in [0.4, 0.5) is 24.5 Å². The van der Waals surface area contributed by atoms with Crippen LogP contribution in [0.15, 0.2) is 47.4 Å². The molecule has 0 radical (unpaired) electrons. The van der Waals surface area contributed by atoms with E-state index in [9.17, 15) is 36.3 Å². The van der Waals surface area contributed by atoms with E-state index in [0.29, 0.717) is 38.4 Å². The van der Waals surface area contributed by atoms with Crippen molar-refractivity contribution in [2.45, 2.75) is 44.3 Å². The van der Waals surface area contributed by atoms with Gasteiger partial charge in [0.1, 0.15) is 0 Å². The van der Waals surface area contributed by atoms with Crippen molar-refractivity contribution >= 4 is 39.2 Å². The zero-order valence-corrected chi connectivity index (χ0v) is 23.6. The van der Waals surface area contributed by atoms with Crippen LogP contribution in [-0.4, -0.2) is 86.3 Å². The number of hydrogen-bond acceptors (Lipinski definition) is 7. The van der Waals surface area contributed by atoms with E-state index in [-0.39, 0.29) is 28.1 Å². The fraction of sp³-hybridized carbons (Fsp3) is 0.423. The summed E-state index contributed by atoms with van der Waals surface area (Å²) in [6.45, 7) is 8.50. The average Bonchev–Trinajstić information content (AvgIpc) is 2.88. The first-order chi connectivity index (χ1) is 19.0. The molecule has 15 heteroatoms. The zero-order valence-electron chi connectivity index (χ0n) is 22.7. The van der Waals surface area contributed by atoms with Crippen molar-refractivity contribution in [2.75, 3.05) is 42.3 Å². The van der Waals surface area contributed by atoms with Crippen molar-refractivity contribution in [3.8, 4) is 0 Å². The van der Waals surface area contributed by atoms with Gasteiger partial charge in [-0.3, -0.25) is 14.4 Å². The molecule has 0 spiro atoms. The topological polar surface area (TPSA) is 156 Å². The molecule has 41 heavy (non-hydrogen) atoms. The number of carboxylic acid groups (broad SMARTS) is 2. The Morgan fingerprint density at radius 1 is 0.976 bits per heavy atom. The lowest BCUT2D eigenvalue weighted by Gasteiger charge is -2.36. The number of carboxylic acids is 2.